The van der Waals surface area contributed by atoms with Gasteiger partial charge in [-0.3, -0.25) is 0 Å². The summed E-state index contributed by atoms with van der Waals surface area (Å²) in [6.07, 6.45) is -9.17. The lowest BCUT2D eigenvalue weighted by molar-refractivity contribution is 0.135. The molecule has 0 fully saturated rings. The van der Waals surface area contributed by atoms with Crippen LogP contribution >= 0.6 is 0 Å². The second-order valence-electron chi connectivity index (χ2n) is 1.41. The van der Waals surface area contributed by atoms with Crippen LogP contribution in [-0.2, 0) is 0 Å². The molecule has 0 radical (unpaired) electrons. The zero-order valence-corrected chi connectivity index (χ0v) is 10.0. The van der Waals surface area contributed by atoms with Crippen LogP contribution in [0, 0.1) is 0 Å². The molecule has 0 heterocycles. The molecule has 0 bridgehead atoms. The van der Waals surface area contributed by atoms with Gasteiger partial charge in [-0.25, -0.2) is 24.0 Å². The number of hydrogen-bond acceptors (Lipinski definition) is 5. The van der Waals surface area contributed by atoms with Gasteiger partial charge in [0.25, 0.3) is 0 Å². The van der Waals surface area contributed by atoms with E-state index in [9.17, 15) is 0 Å². The molecule has 0 aromatic rings. The number of hydrogen-bond donors (Lipinski definition) is 10. The third kappa shape index (κ3) is 8520. The molecule has 0 aromatic carbocycles. The van der Waals surface area contributed by atoms with Crippen molar-refractivity contribution in [3.63, 3.8) is 0 Å². The number of carbonyl (C=O) groups is 5. The van der Waals surface area contributed by atoms with Crippen molar-refractivity contribution in [1.82, 2.24) is 0 Å². The zero-order chi connectivity index (χ0) is 17.9. The Morgan fingerprint density at radius 1 is 0.346 bits per heavy atom. The maximum atomic E-state index is 8.56. The summed E-state index contributed by atoms with van der Waals surface area (Å²) in [6.45, 7) is 0. The van der Waals surface area contributed by atoms with Crippen molar-refractivity contribution in [1.29, 1.82) is 0 Å². The largest absolute Gasteiger partial charge is 0.503 e. The van der Waals surface area contributed by atoms with Gasteiger partial charge in [0, 0.05) is 0 Å². The molecule has 0 aliphatic rings. The van der Waals surface area contributed by atoms with Crippen molar-refractivity contribution in [2.24, 2.45) is 0 Å². The zero-order valence-electron chi connectivity index (χ0n) is 10.0. The van der Waals surface area contributed by atoms with E-state index in [1.165, 1.54) is 0 Å². The molecule has 0 unspecified atom stereocenters. The molecule has 0 atom stereocenters. The van der Waals surface area contributed by atoms with E-state index in [-0.39, 0.29) is 91.8 Å². The van der Waals surface area contributed by atoms with E-state index in [2.05, 4.69) is 0 Å². The Hall–Kier alpha value is -1.13. The molecule has 17 nitrogen and oxygen atoms in total. The van der Waals surface area contributed by atoms with Crippen molar-refractivity contribution < 1.29 is 86.0 Å². The molecule has 0 saturated carbocycles. The van der Waals surface area contributed by atoms with Crippen LogP contribution in [-0.4, -0.2) is 174 Å². The van der Waals surface area contributed by atoms with E-state index >= 15 is 0 Å². The molecule has 0 amide bonds. The fourth-order valence-electron chi connectivity index (χ4n) is 0. The van der Waals surface area contributed by atoms with Crippen LogP contribution in [0.25, 0.3) is 0 Å². The number of rotatable bonds is 0. The highest BCUT2D eigenvalue weighted by Crippen LogP contribution is 1.44. The van der Waals surface area contributed by atoms with Crippen LogP contribution in [0.2, 0.25) is 0 Å². The average molecular weight is 459 g/mol. The Balaban J connectivity index is -0.0000000114. The maximum absolute atomic E-state index is 8.56. The summed E-state index contributed by atoms with van der Waals surface area (Å²) < 4.78 is 0. The Kier molecular flexibility index (Phi) is 184. The molecule has 0 rings (SSSR count). The summed E-state index contributed by atoms with van der Waals surface area (Å²) in [5.41, 5.74) is 0. The Morgan fingerprint density at radius 3 is 0.346 bits per heavy atom. The fraction of sp³-hybridized carbons (Fsp3) is 0. The molecule has 0 saturated heterocycles. The smallest absolute Gasteiger partial charge is 0.450 e. The van der Waals surface area contributed by atoms with E-state index in [4.69, 9.17) is 75.0 Å². The van der Waals surface area contributed by atoms with Crippen molar-refractivity contribution in [3.8, 4) is 0 Å². The summed E-state index contributed by atoms with van der Waals surface area (Å²) in [7, 11) is 0. The van der Waals surface area contributed by atoms with Crippen LogP contribution < -0.4 is 0 Å². The highest BCUT2D eigenvalue weighted by atomic mass is 27.0. The Morgan fingerprint density at radius 2 is 0.346 bits per heavy atom. The van der Waals surface area contributed by atoms with E-state index in [1.54, 1.807) is 0 Å². The van der Waals surface area contributed by atoms with E-state index in [1.807, 2.05) is 0 Å². The van der Waals surface area contributed by atoms with Crippen LogP contribution in [0.4, 0.5) is 24.0 Å². The summed E-state index contributed by atoms with van der Waals surface area (Å²) in [5.74, 6) is 0. The predicted octanol–water partition coefficient (Wildman–Crippen LogP) is -4.74. The summed E-state index contributed by atoms with van der Waals surface area (Å²) in [6, 6.07) is 0. The first-order chi connectivity index (χ1) is 8.66. The summed E-state index contributed by atoms with van der Waals surface area (Å²) in [4.78, 5) is 42.8. The van der Waals surface area contributed by atoms with Crippen LogP contribution in [0.3, 0.4) is 0 Å². The molecule has 0 aliphatic carbocycles. The van der Waals surface area contributed by atoms with E-state index in [0.717, 1.165) is 0 Å². The Labute approximate surface area is 196 Å². The normalized spacial score (nSPS) is 4.62. The van der Waals surface area contributed by atoms with Crippen molar-refractivity contribution >= 4 is 112 Å². The van der Waals surface area contributed by atoms with Crippen molar-refractivity contribution in [3.05, 3.63) is 0 Å². The highest BCUT2D eigenvalue weighted by Gasteiger charge is 1.71. The standard InChI is InChI=1S/5CH2O3.2Al.2Mg.2H2O.10H/c5*2-1(3)4;;;;;;;;;;;;;;;;/h5*(H2,2,3,4);;;;;2*1H2;;;;;;;;;;. The SMILES string of the molecule is O.O.O=C(O)O.O=C(O)O.O=C(O)O.O=C(O)O.O=C(O)O.[AlH3].[AlH3].[MgH2].[MgH2]. The molecule has 0 aromatic heterocycles. The van der Waals surface area contributed by atoms with Gasteiger partial charge in [-0.2, -0.15) is 0 Å². The van der Waals surface area contributed by atoms with Gasteiger partial charge in [0.1, 0.15) is 0 Å². The minimum absolute atomic E-state index is 0. The Bertz CT molecular complexity index is 222. The quantitative estimate of drug-likeness (QED) is 0.152. The van der Waals surface area contributed by atoms with Crippen LogP contribution in [0.5, 0.6) is 0 Å². The molecule has 26 heavy (non-hydrogen) atoms. The first kappa shape index (κ1) is 73.7. The van der Waals surface area contributed by atoms with Crippen LogP contribution in [0.15, 0.2) is 0 Å². The molecular weight excluding hydrogens is 435 g/mol. The molecule has 0 spiro atoms. The average Bonchev–Trinajstić information content (AvgIpc) is 1.94. The van der Waals surface area contributed by atoms with Gasteiger partial charge >= 0.3 is 76.9 Å². The lowest BCUT2D eigenvalue weighted by Gasteiger charge is -1.60. The molecular formula is C5H24Al2Mg2O17. The van der Waals surface area contributed by atoms with Gasteiger partial charge in [0.05, 0.1) is 0 Å². The van der Waals surface area contributed by atoms with Gasteiger partial charge in [-0.15, -0.1) is 0 Å². The number of carboxylic acid groups (broad SMARTS) is 10. The highest BCUT2D eigenvalue weighted by molar-refractivity contribution is 5.76. The minimum Gasteiger partial charge on any atom is -0.450 e. The van der Waals surface area contributed by atoms with Gasteiger partial charge in [-0.1, -0.05) is 0 Å². The first-order valence-electron chi connectivity index (χ1n) is 3.26. The fourth-order valence-corrected chi connectivity index (χ4v) is 0. The lowest BCUT2D eigenvalue weighted by atomic mass is 11.5. The molecule has 21 heteroatoms. The second-order valence-corrected chi connectivity index (χ2v) is 1.41. The third-order valence-electron chi connectivity index (χ3n) is 0. The van der Waals surface area contributed by atoms with Gasteiger partial charge in [-0.05, 0) is 0 Å². The van der Waals surface area contributed by atoms with Gasteiger partial charge in [0.2, 0.25) is 0 Å². The lowest BCUT2D eigenvalue weighted by Crippen LogP contribution is -1.81. The first-order valence-corrected chi connectivity index (χ1v) is 3.26. The molecule has 0 aliphatic heterocycles. The monoisotopic (exact) mass is 458 g/mol. The maximum Gasteiger partial charge on any atom is 0.503 e. The van der Waals surface area contributed by atoms with E-state index < -0.39 is 30.8 Å². The predicted molar refractivity (Wildman–Crippen MR) is 97.5 cm³/mol. The topological polar surface area (TPSA) is 351 Å². The summed E-state index contributed by atoms with van der Waals surface area (Å²) >= 11 is 0. The van der Waals surface area contributed by atoms with Gasteiger partial charge < -0.3 is 62.0 Å². The van der Waals surface area contributed by atoms with Crippen LogP contribution in [0.1, 0.15) is 0 Å². The minimum atomic E-state index is -1.83. The van der Waals surface area contributed by atoms with Crippen molar-refractivity contribution in [2.75, 3.05) is 0 Å². The van der Waals surface area contributed by atoms with Gasteiger partial charge in [0.15, 0.2) is 34.7 Å². The van der Waals surface area contributed by atoms with E-state index in [0.29, 0.717) is 0 Å². The van der Waals surface area contributed by atoms with Crippen molar-refractivity contribution in [2.45, 2.75) is 0 Å². The third-order valence-corrected chi connectivity index (χ3v) is 0. The molecule has 14 N–H and O–H groups in total. The second kappa shape index (κ2) is 64.9. The summed E-state index contributed by atoms with van der Waals surface area (Å²) in [5, 5.41) is 69.7. The molecule has 156 valence electrons.